The number of rotatable bonds is 5. The highest BCUT2D eigenvalue weighted by Crippen LogP contribution is 2.17. The third kappa shape index (κ3) is 3.68. The Morgan fingerprint density at radius 2 is 2.33 bits per heavy atom. The lowest BCUT2D eigenvalue weighted by atomic mass is 10.1. The molecular formula is C14H21NO3. The zero-order valence-corrected chi connectivity index (χ0v) is 10.9. The summed E-state index contributed by atoms with van der Waals surface area (Å²) in [5, 5.41) is 9.19. The van der Waals surface area contributed by atoms with Crippen LogP contribution in [0.15, 0.2) is 12.1 Å². The van der Waals surface area contributed by atoms with Crippen LogP contribution in [0.4, 0.5) is 0 Å². The molecule has 1 fully saturated rings. The molecule has 4 heteroatoms. The predicted molar refractivity (Wildman–Crippen MR) is 68.6 cm³/mol. The van der Waals surface area contributed by atoms with Crippen LogP contribution in [-0.4, -0.2) is 29.4 Å². The molecule has 1 aromatic rings. The minimum absolute atomic E-state index is 0.0197. The van der Waals surface area contributed by atoms with Crippen LogP contribution in [0.3, 0.4) is 0 Å². The maximum absolute atomic E-state index is 9.19. The molecule has 100 valence electrons. The molecule has 1 aliphatic rings. The third-order valence-electron chi connectivity index (χ3n) is 3.15. The van der Waals surface area contributed by atoms with Gasteiger partial charge in [-0.05, 0) is 37.3 Å². The molecule has 2 rings (SSSR count). The van der Waals surface area contributed by atoms with Gasteiger partial charge in [-0.15, -0.1) is 0 Å². The zero-order chi connectivity index (χ0) is 12.8. The molecule has 0 radical (unpaired) electrons. The fourth-order valence-electron chi connectivity index (χ4n) is 2.08. The second-order valence-corrected chi connectivity index (χ2v) is 4.62. The van der Waals surface area contributed by atoms with Gasteiger partial charge in [0.1, 0.15) is 6.61 Å². The number of aryl methyl sites for hydroxylation is 1. The van der Waals surface area contributed by atoms with Gasteiger partial charge in [0.05, 0.1) is 12.7 Å². The van der Waals surface area contributed by atoms with Crippen LogP contribution < -0.4 is 4.74 Å². The van der Waals surface area contributed by atoms with Gasteiger partial charge in [-0.1, -0.05) is 6.92 Å². The van der Waals surface area contributed by atoms with Crippen molar-refractivity contribution in [1.29, 1.82) is 0 Å². The van der Waals surface area contributed by atoms with Crippen LogP contribution >= 0.6 is 0 Å². The van der Waals surface area contributed by atoms with Crippen LogP contribution in [0.1, 0.15) is 37.4 Å². The lowest BCUT2D eigenvalue weighted by molar-refractivity contribution is -0.0120. The minimum Gasteiger partial charge on any atom is -0.475 e. The van der Waals surface area contributed by atoms with E-state index in [1.165, 1.54) is 6.42 Å². The van der Waals surface area contributed by atoms with Crippen molar-refractivity contribution in [2.45, 2.75) is 45.3 Å². The zero-order valence-electron chi connectivity index (χ0n) is 10.9. The molecule has 1 saturated heterocycles. The first-order valence-corrected chi connectivity index (χ1v) is 6.67. The quantitative estimate of drug-likeness (QED) is 0.870. The number of pyridine rings is 1. The van der Waals surface area contributed by atoms with Gasteiger partial charge in [0.15, 0.2) is 0 Å². The second kappa shape index (κ2) is 6.71. The first kappa shape index (κ1) is 13.3. The fraction of sp³-hybridized carbons (Fsp3) is 0.643. The summed E-state index contributed by atoms with van der Waals surface area (Å²) in [6.45, 7) is 3.44. The summed E-state index contributed by atoms with van der Waals surface area (Å²) in [4.78, 5) is 4.40. The molecule has 0 bridgehead atoms. The molecule has 1 N–H and O–H groups in total. The van der Waals surface area contributed by atoms with E-state index in [4.69, 9.17) is 9.47 Å². The molecule has 18 heavy (non-hydrogen) atoms. The SMILES string of the molecule is CCc1cc(CO)cc(OCC2CCCCO2)n1. The Labute approximate surface area is 108 Å². The summed E-state index contributed by atoms with van der Waals surface area (Å²) in [5.41, 5.74) is 1.79. The van der Waals surface area contributed by atoms with Gasteiger partial charge in [0.2, 0.25) is 5.88 Å². The van der Waals surface area contributed by atoms with Crippen molar-refractivity contribution >= 4 is 0 Å². The van der Waals surface area contributed by atoms with Crippen molar-refractivity contribution in [2.75, 3.05) is 13.2 Å². The standard InChI is InChI=1S/C14H21NO3/c1-2-12-7-11(9-16)8-14(15-12)18-10-13-5-3-4-6-17-13/h7-8,13,16H,2-6,9-10H2,1H3. The van der Waals surface area contributed by atoms with Crippen LogP contribution in [0.5, 0.6) is 5.88 Å². The summed E-state index contributed by atoms with van der Waals surface area (Å²) >= 11 is 0. The van der Waals surface area contributed by atoms with Gasteiger partial charge in [-0.25, -0.2) is 4.98 Å². The third-order valence-corrected chi connectivity index (χ3v) is 3.15. The molecule has 0 aromatic carbocycles. The van der Waals surface area contributed by atoms with Crippen LogP contribution in [0.25, 0.3) is 0 Å². The van der Waals surface area contributed by atoms with Crippen molar-refractivity contribution in [3.63, 3.8) is 0 Å². The number of aliphatic hydroxyl groups is 1. The Bertz CT molecular complexity index is 353. The van der Waals surface area contributed by atoms with Gasteiger partial charge in [0.25, 0.3) is 0 Å². The van der Waals surface area contributed by atoms with Gasteiger partial charge < -0.3 is 14.6 Å². The Morgan fingerprint density at radius 3 is 3.00 bits per heavy atom. The Balaban J connectivity index is 1.94. The molecular weight excluding hydrogens is 230 g/mol. The fourth-order valence-corrected chi connectivity index (χ4v) is 2.08. The van der Waals surface area contributed by atoms with Crippen molar-refractivity contribution in [1.82, 2.24) is 4.98 Å². The maximum atomic E-state index is 9.19. The minimum atomic E-state index is 0.0197. The topological polar surface area (TPSA) is 51.6 Å². The van der Waals surface area contributed by atoms with E-state index in [9.17, 15) is 5.11 Å². The highest BCUT2D eigenvalue weighted by molar-refractivity contribution is 5.24. The highest BCUT2D eigenvalue weighted by atomic mass is 16.5. The average Bonchev–Trinajstić information content (AvgIpc) is 2.45. The van der Waals surface area contributed by atoms with Crippen LogP contribution in [0.2, 0.25) is 0 Å². The lowest BCUT2D eigenvalue weighted by Gasteiger charge is -2.22. The summed E-state index contributed by atoms with van der Waals surface area (Å²) in [5.74, 6) is 0.590. The number of ether oxygens (including phenoxy) is 2. The molecule has 1 aromatic heterocycles. The molecule has 1 aliphatic heterocycles. The van der Waals surface area contributed by atoms with Gasteiger partial charge in [0, 0.05) is 18.4 Å². The highest BCUT2D eigenvalue weighted by Gasteiger charge is 2.15. The molecule has 0 spiro atoms. The monoisotopic (exact) mass is 251 g/mol. The number of aliphatic hydroxyl groups excluding tert-OH is 1. The van der Waals surface area contributed by atoms with E-state index in [2.05, 4.69) is 4.98 Å². The molecule has 0 aliphatic carbocycles. The molecule has 1 unspecified atom stereocenters. The van der Waals surface area contributed by atoms with Crippen molar-refractivity contribution in [3.05, 3.63) is 23.4 Å². The van der Waals surface area contributed by atoms with E-state index in [0.717, 1.165) is 37.1 Å². The largest absolute Gasteiger partial charge is 0.475 e. The Hall–Kier alpha value is -1.13. The smallest absolute Gasteiger partial charge is 0.213 e. The molecule has 4 nitrogen and oxygen atoms in total. The van der Waals surface area contributed by atoms with E-state index in [-0.39, 0.29) is 12.7 Å². The summed E-state index contributed by atoms with van der Waals surface area (Å²) in [7, 11) is 0. The molecule has 0 saturated carbocycles. The van der Waals surface area contributed by atoms with E-state index < -0.39 is 0 Å². The van der Waals surface area contributed by atoms with E-state index in [0.29, 0.717) is 12.5 Å². The Kier molecular flexibility index (Phi) is 4.96. The number of nitrogens with zero attached hydrogens (tertiary/aromatic N) is 1. The van der Waals surface area contributed by atoms with Crippen molar-refractivity contribution in [3.8, 4) is 5.88 Å². The maximum Gasteiger partial charge on any atom is 0.213 e. The number of aromatic nitrogens is 1. The van der Waals surface area contributed by atoms with Gasteiger partial charge >= 0.3 is 0 Å². The summed E-state index contributed by atoms with van der Waals surface area (Å²) < 4.78 is 11.3. The first-order valence-electron chi connectivity index (χ1n) is 6.67. The van der Waals surface area contributed by atoms with Crippen molar-refractivity contribution < 1.29 is 14.6 Å². The summed E-state index contributed by atoms with van der Waals surface area (Å²) in [6, 6.07) is 3.70. The second-order valence-electron chi connectivity index (χ2n) is 4.62. The van der Waals surface area contributed by atoms with Crippen LogP contribution in [0, 0.1) is 0 Å². The Morgan fingerprint density at radius 1 is 1.44 bits per heavy atom. The van der Waals surface area contributed by atoms with Crippen molar-refractivity contribution in [2.24, 2.45) is 0 Å². The van der Waals surface area contributed by atoms with Gasteiger partial charge in [-0.3, -0.25) is 0 Å². The normalized spacial score (nSPS) is 19.8. The lowest BCUT2D eigenvalue weighted by Crippen LogP contribution is -2.26. The molecule has 1 atom stereocenters. The van der Waals surface area contributed by atoms with Gasteiger partial charge in [-0.2, -0.15) is 0 Å². The van der Waals surface area contributed by atoms with E-state index in [1.807, 2.05) is 13.0 Å². The van der Waals surface area contributed by atoms with E-state index >= 15 is 0 Å². The predicted octanol–water partition coefficient (Wildman–Crippen LogP) is 2.08. The molecule has 2 heterocycles. The average molecular weight is 251 g/mol. The van der Waals surface area contributed by atoms with E-state index in [1.54, 1.807) is 6.07 Å². The number of hydrogen-bond acceptors (Lipinski definition) is 4. The first-order chi connectivity index (χ1) is 8.81. The van der Waals surface area contributed by atoms with Crippen LogP contribution in [-0.2, 0) is 17.8 Å². The number of hydrogen-bond donors (Lipinski definition) is 1. The molecule has 0 amide bonds. The summed E-state index contributed by atoms with van der Waals surface area (Å²) in [6.07, 6.45) is 4.43.